The SMILES string of the molecule is CC(C)(CN)CN(Cc1cccc(NC(=O)c2ccc(C(C)(C)C)cc2)c1)C(=O)c1ccc(C#N)cc1. The van der Waals surface area contributed by atoms with Gasteiger partial charge in [-0.15, -0.1) is 0 Å². The Morgan fingerprint density at radius 3 is 2.11 bits per heavy atom. The molecule has 0 atom stereocenters. The van der Waals surface area contributed by atoms with Crippen molar-refractivity contribution in [3.63, 3.8) is 0 Å². The molecule has 0 fully saturated rings. The highest BCUT2D eigenvalue weighted by Gasteiger charge is 2.25. The lowest BCUT2D eigenvalue weighted by atomic mass is 9.87. The number of anilines is 1. The molecule has 0 unspecified atom stereocenters. The van der Waals surface area contributed by atoms with Gasteiger partial charge in [0, 0.05) is 29.9 Å². The zero-order valence-corrected chi connectivity index (χ0v) is 22.3. The molecule has 0 bridgehead atoms. The van der Waals surface area contributed by atoms with E-state index in [1.165, 1.54) is 5.56 Å². The summed E-state index contributed by atoms with van der Waals surface area (Å²) in [5.74, 6) is -0.327. The van der Waals surface area contributed by atoms with E-state index in [4.69, 9.17) is 11.0 Å². The van der Waals surface area contributed by atoms with Gasteiger partial charge in [-0.25, -0.2) is 0 Å². The number of hydrogen-bond acceptors (Lipinski definition) is 4. The smallest absolute Gasteiger partial charge is 0.255 e. The van der Waals surface area contributed by atoms with Crippen LogP contribution in [-0.2, 0) is 12.0 Å². The zero-order valence-electron chi connectivity index (χ0n) is 22.3. The van der Waals surface area contributed by atoms with Crippen LogP contribution in [0.2, 0.25) is 0 Å². The van der Waals surface area contributed by atoms with Gasteiger partial charge in [-0.3, -0.25) is 9.59 Å². The lowest BCUT2D eigenvalue weighted by molar-refractivity contribution is 0.0673. The zero-order chi connectivity index (χ0) is 27.2. The highest BCUT2D eigenvalue weighted by Crippen LogP contribution is 2.23. The molecule has 6 nitrogen and oxygen atoms in total. The monoisotopic (exact) mass is 496 g/mol. The molecule has 0 aliphatic rings. The summed E-state index contributed by atoms with van der Waals surface area (Å²) in [4.78, 5) is 28.1. The van der Waals surface area contributed by atoms with Gasteiger partial charge >= 0.3 is 0 Å². The molecule has 0 heterocycles. The summed E-state index contributed by atoms with van der Waals surface area (Å²) in [7, 11) is 0. The second kappa shape index (κ2) is 11.4. The first-order valence-electron chi connectivity index (χ1n) is 12.4. The maximum absolute atomic E-state index is 13.4. The number of carbonyl (C=O) groups is 2. The molecule has 3 N–H and O–H groups in total. The van der Waals surface area contributed by atoms with Crippen molar-refractivity contribution in [3.05, 3.63) is 101 Å². The van der Waals surface area contributed by atoms with Gasteiger partial charge in [-0.2, -0.15) is 5.26 Å². The quantitative estimate of drug-likeness (QED) is 0.416. The van der Waals surface area contributed by atoms with Crippen LogP contribution in [0.15, 0.2) is 72.8 Å². The number of nitrogens with one attached hydrogen (secondary N) is 1. The Morgan fingerprint density at radius 1 is 0.919 bits per heavy atom. The average molecular weight is 497 g/mol. The molecule has 3 aromatic rings. The van der Waals surface area contributed by atoms with Crippen LogP contribution in [0.1, 0.15) is 72.0 Å². The fourth-order valence-corrected chi connectivity index (χ4v) is 3.94. The molecule has 0 radical (unpaired) electrons. The molecule has 0 spiro atoms. The Bertz CT molecular complexity index is 1280. The molecule has 2 amide bonds. The number of nitrogens with zero attached hydrogens (tertiary/aromatic N) is 2. The number of benzene rings is 3. The Hall–Kier alpha value is -3.95. The minimum Gasteiger partial charge on any atom is -0.334 e. The fourth-order valence-electron chi connectivity index (χ4n) is 3.94. The van der Waals surface area contributed by atoms with E-state index in [1.807, 2.05) is 62.4 Å². The largest absolute Gasteiger partial charge is 0.334 e. The maximum atomic E-state index is 13.4. The van der Waals surface area contributed by atoms with Crippen LogP contribution in [0.3, 0.4) is 0 Å². The van der Waals surface area contributed by atoms with E-state index in [1.54, 1.807) is 29.2 Å². The average Bonchev–Trinajstić information content (AvgIpc) is 2.87. The van der Waals surface area contributed by atoms with Crippen LogP contribution in [-0.4, -0.2) is 29.8 Å². The van der Waals surface area contributed by atoms with Crippen LogP contribution >= 0.6 is 0 Å². The Labute approximate surface area is 220 Å². The first-order chi connectivity index (χ1) is 17.4. The molecule has 0 aromatic heterocycles. The molecule has 0 saturated carbocycles. The summed E-state index contributed by atoms with van der Waals surface area (Å²) < 4.78 is 0. The Kier molecular flexibility index (Phi) is 8.52. The van der Waals surface area contributed by atoms with E-state index in [-0.39, 0.29) is 22.6 Å². The predicted octanol–water partition coefficient (Wildman–Crippen LogP) is 5.74. The van der Waals surface area contributed by atoms with Gasteiger partial charge in [0.25, 0.3) is 11.8 Å². The van der Waals surface area contributed by atoms with Crippen LogP contribution < -0.4 is 11.1 Å². The van der Waals surface area contributed by atoms with Crippen LogP contribution in [0.4, 0.5) is 5.69 Å². The minimum atomic E-state index is -0.284. The van der Waals surface area contributed by atoms with Crippen molar-refractivity contribution in [2.24, 2.45) is 11.1 Å². The molecule has 0 aliphatic heterocycles. The number of nitriles is 1. The van der Waals surface area contributed by atoms with Crippen LogP contribution in [0, 0.1) is 16.7 Å². The van der Waals surface area contributed by atoms with E-state index in [9.17, 15) is 9.59 Å². The molecule has 192 valence electrons. The lowest BCUT2D eigenvalue weighted by Crippen LogP contribution is -2.41. The Balaban J connectivity index is 1.79. The predicted molar refractivity (Wildman–Crippen MR) is 148 cm³/mol. The first kappa shape index (κ1) is 27.6. The molecule has 3 aromatic carbocycles. The van der Waals surface area contributed by atoms with E-state index >= 15 is 0 Å². The molecule has 3 rings (SSSR count). The summed E-state index contributed by atoms with van der Waals surface area (Å²) in [5.41, 5.74) is 10.0. The van der Waals surface area contributed by atoms with E-state index in [2.05, 4.69) is 32.2 Å². The third-order valence-electron chi connectivity index (χ3n) is 6.29. The molecular weight excluding hydrogens is 460 g/mol. The minimum absolute atomic E-state index is 0.0167. The Morgan fingerprint density at radius 2 is 1.54 bits per heavy atom. The van der Waals surface area contributed by atoms with Gasteiger partial charge in [0.1, 0.15) is 0 Å². The lowest BCUT2D eigenvalue weighted by Gasteiger charge is -2.32. The number of carbonyl (C=O) groups excluding carboxylic acids is 2. The van der Waals surface area contributed by atoms with Gasteiger partial charge in [-0.1, -0.05) is 58.9 Å². The third-order valence-corrected chi connectivity index (χ3v) is 6.29. The highest BCUT2D eigenvalue weighted by molar-refractivity contribution is 6.04. The maximum Gasteiger partial charge on any atom is 0.255 e. The van der Waals surface area contributed by atoms with Crippen molar-refractivity contribution in [3.8, 4) is 6.07 Å². The molecule has 0 saturated heterocycles. The van der Waals surface area contributed by atoms with Crippen LogP contribution in [0.5, 0.6) is 0 Å². The van der Waals surface area contributed by atoms with E-state index in [0.717, 1.165) is 5.56 Å². The molecule has 37 heavy (non-hydrogen) atoms. The van der Waals surface area contributed by atoms with Gasteiger partial charge in [0.05, 0.1) is 11.6 Å². The second-order valence-electron chi connectivity index (χ2n) is 11.2. The summed E-state index contributed by atoms with van der Waals surface area (Å²) in [5, 5.41) is 12.0. The van der Waals surface area contributed by atoms with Crippen LogP contribution in [0.25, 0.3) is 0 Å². The first-order valence-corrected chi connectivity index (χ1v) is 12.4. The van der Waals surface area contributed by atoms with Gasteiger partial charge in [0.2, 0.25) is 0 Å². The fraction of sp³-hybridized carbons (Fsp3) is 0.323. The number of hydrogen-bond donors (Lipinski definition) is 2. The van der Waals surface area contributed by atoms with Crippen molar-refractivity contribution in [1.82, 2.24) is 4.90 Å². The normalized spacial score (nSPS) is 11.5. The van der Waals surface area contributed by atoms with Crippen molar-refractivity contribution in [2.75, 3.05) is 18.4 Å². The molecule has 6 heteroatoms. The van der Waals surface area contributed by atoms with Crippen molar-refractivity contribution in [2.45, 2.75) is 46.6 Å². The number of nitrogens with two attached hydrogens (primary N) is 1. The van der Waals surface area contributed by atoms with Crippen molar-refractivity contribution >= 4 is 17.5 Å². The molecular formula is C31H36N4O2. The van der Waals surface area contributed by atoms with E-state index in [0.29, 0.717) is 42.0 Å². The van der Waals surface area contributed by atoms with Crippen molar-refractivity contribution in [1.29, 1.82) is 5.26 Å². The standard InChI is InChI=1S/C31H36N4O2/c1-30(2,3)26-15-13-24(14-16-26)28(36)34-27-8-6-7-23(17-27)19-35(21-31(4,5)20-33)29(37)25-11-9-22(18-32)10-12-25/h6-17H,19-21,33H2,1-5H3,(H,34,36). The third kappa shape index (κ3) is 7.52. The second-order valence-corrected chi connectivity index (χ2v) is 11.2. The summed E-state index contributed by atoms with van der Waals surface area (Å²) in [6.07, 6.45) is 0. The van der Waals surface area contributed by atoms with Gasteiger partial charge < -0.3 is 16.0 Å². The number of rotatable bonds is 8. The summed E-state index contributed by atoms with van der Waals surface area (Å²) in [6, 6.07) is 23.9. The van der Waals surface area contributed by atoms with Crippen molar-refractivity contribution < 1.29 is 9.59 Å². The molecule has 0 aliphatic carbocycles. The summed E-state index contributed by atoms with van der Waals surface area (Å²) in [6.45, 7) is 11.7. The summed E-state index contributed by atoms with van der Waals surface area (Å²) >= 11 is 0. The van der Waals surface area contributed by atoms with Gasteiger partial charge in [-0.05, 0) is 77.0 Å². The number of amides is 2. The van der Waals surface area contributed by atoms with Gasteiger partial charge in [0.15, 0.2) is 0 Å². The van der Waals surface area contributed by atoms with E-state index < -0.39 is 0 Å². The topological polar surface area (TPSA) is 99.2 Å². The highest BCUT2D eigenvalue weighted by atomic mass is 16.2.